The van der Waals surface area contributed by atoms with Crippen LogP contribution in [0.15, 0.2) is 60.7 Å². The lowest BCUT2D eigenvalue weighted by atomic mass is 10.0. The molecule has 0 spiro atoms. The van der Waals surface area contributed by atoms with E-state index in [1.807, 2.05) is 18.2 Å². The van der Waals surface area contributed by atoms with Crippen molar-refractivity contribution >= 4 is 35.7 Å². The number of amidine groups is 1. The molecule has 0 bridgehead atoms. The van der Waals surface area contributed by atoms with Gasteiger partial charge in [0.1, 0.15) is 17.9 Å². The normalized spacial score (nSPS) is 12.4. The van der Waals surface area contributed by atoms with Crippen molar-refractivity contribution in [1.29, 1.82) is 5.41 Å². The Hall–Kier alpha value is -4.47. The first-order valence-corrected chi connectivity index (χ1v) is 11.3. The second-order valence-electron chi connectivity index (χ2n) is 8.14. The number of carboxylic acids is 2. The molecule has 0 saturated heterocycles. The maximum absolute atomic E-state index is 12.6. The first-order valence-electron chi connectivity index (χ1n) is 11.3. The van der Waals surface area contributed by atoms with Crippen molar-refractivity contribution in [2.75, 3.05) is 0 Å². The van der Waals surface area contributed by atoms with E-state index in [4.69, 9.17) is 16.2 Å². The molecule has 10 nitrogen and oxygen atoms in total. The maximum Gasteiger partial charge on any atom is 0.326 e. The molecule has 0 unspecified atom stereocenters. The average molecular weight is 495 g/mol. The van der Waals surface area contributed by atoms with Crippen LogP contribution in [0.1, 0.15) is 42.4 Å². The number of carboxylic acid groups (broad SMARTS) is 2. The quantitative estimate of drug-likeness (QED) is 0.132. The number of hydrogen-bond donors (Lipinski definition) is 6. The van der Waals surface area contributed by atoms with E-state index in [9.17, 15) is 24.3 Å². The molecule has 36 heavy (non-hydrogen) atoms. The fourth-order valence-electron chi connectivity index (χ4n) is 3.38. The van der Waals surface area contributed by atoms with Crippen LogP contribution in [-0.4, -0.2) is 51.9 Å². The molecule has 2 aromatic carbocycles. The number of carbonyl (C=O) groups is 4. The third-order valence-corrected chi connectivity index (χ3v) is 5.21. The summed E-state index contributed by atoms with van der Waals surface area (Å²) in [6, 6.07) is 13.1. The fraction of sp³-hybridized carbons (Fsp3) is 0.269. The molecule has 2 amide bonds. The summed E-state index contributed by atoms with van der Waals surface area (Å²) in [5, 5.41) is 30.8. The Morgan fingerprint density at radius 2 is 1.69 bits per heavy atom. The zero-order valence-electron chi connectivity index (χ0n) is 19.6. The Balaban J connectivity index is 1.89. The van der Waals surface area contributed by atoms with Crippen LogP contribution in [0.5, 0.6) is 0 Å². The van der Waals surface area contributed by atoms with Crippen molar-refractivity contribution in [1.82, 2.24) is 10.6 Å². The highest BCUT2D eigenvalue weighted by molar-refractivity contribution is 5.95. The number of carbonyl (C=O) groups excluding carboxylic acids is 2. The lowest BCUT2D eigenvalue weighted by molar-refractivity contribution is -0.143. The molecule has 0 aliphatic heterocycles. The monoisotopic (exact) mass is 494 g/mol. The molecule has 190 valence electrons. The lowest BCUT2D eigenvalue weighted by Gasteiger charge is -2.20. The van der Waals surface area contributed by atoms with E-state index in [0.29, 0.717) is 24.0 Å². The third kappa shape index (κ3) is 9.80. The zero-order valence-corrected chi connectivity index (χ0v) is 19.6. The first-order chi connectivity index (χ1) is 17.2. The van der Waals surface area contributed by atoms with Crippen LogP contribution >= 0.6 is 0 Å². The molecular formula is C26H30N4O6. The number of hydrogen-bond acceptors (Lipinski definition) is 5. The minimum atomic E-state index is -1.41. The number of nitrogens with one attached hydrogen (secondary N) is 3. The molecule has 0 aliphatic carbocycles. The van der Waals surface area contributed by atoms with Crippen LogP contribution in [0, 0.1) is 5.41 Å². The second-order valence-corrected chi connectivity index (χ2v) is 8.14. The van der Waals surface area contributed by atoms with E-state index in [1.54, 1.807) is 48.5 Å². The number of allylic oxidation sites excluding steroid dienone is 1. The highest BCUT2D eigenvalue weighted by atomic mass is 16.4. The average Bonchev–Trinajstić information content (AvgIpc) is 2.83. The van der Waals surface area contributed by atoms with Crippen molar-refractivity contribution in [2.24, 2.45) is 5.73 Å². The highest BCUT2D eigenvalue weighted by Gasteiger charge is 2.28. The topological polar surface area (TPSA) is 183 Å². The lowest BCUT2D eigenvalue weighted by Crippen LogP contribution is -2.52. The molecule has 2 rings (SSSR count). The van der Waals surface area contributed by atoms with Gasteiger partial charge in [0.05, 0.1) is 6.42 Å². The van der Waals surface area contributed by atoms with Crippen LogP contribution in [-0.2, 0) is 25.6 Å². The molecule has 0 fully saturated rings. The summed E-state index contributed by atoms with van der Waals surface area (Å²) in [5.74, 6) is -4.00. The summed E-state index contributed by atoms with van der Waals surface area (Å²) in [5.41, 5.74) is 7.63. The van der Waals surface area contributed by atoms with Gasteiger partial charge in [-0.2, -0.15) is 0 Å². The fourth-order valence-corrected chi connectivity index (χ4v) is 3.38. The van der Waals surface area contributed by atoms with Gasteiger partial charge in [0.2, 0.25) is 11.8 Å². The zero-order chi connectivity index (χ0) is 26.5. The molecule has 0 saturated carbocycles. The van der Waals surface area contributed by atoms with Gasteiger partial charge in [0.25, 0.3) is 0 Å². The van der Waals surface area contributed by atoms with Crippen molar-refractivity contribution in [2.45, 2.75) is 44.2 Å². The molecular weight excluding hydrogens is 464 g/mol. The molecule has 0 heterocycles. The van der Waals surface area contributed by atoms with E-state index in [2.05, 4.69) is 10.6 Å². The summed E-state index contributed by atoms with van der Waals surface area (Å²) in [6.07, 6.45) is 4.07. The molecule has 0 radical (unpaired) electrons. The summed E-state index contributed by atoms with van der Waals surface area (Å²) in [6.45, 7) is 0. The van der Waals surface area contributed by atoms with E-state index >= 15 is 0 Å². The van der Waals surface area contributed by atoms with E-state index < -0.39 is 42.3 Å². The van der Waals surface area contributed by atoms with Crippen molar-refractivity contribution < 1.29 is 29.4 Å². The van der Waals surface area contributed by atoms with Crippen molar-refractivity contribution in [3.05, 3.63) is 77.4 Å². The van der Waals surface area contributed by atoms with Gasteiger partial charge in [0, 0.05) is 18.4 Å². The number of benzene rings is 2. The van der Waals surface area contributed by atoms with Crippen LogP contribution in [0.25, 0.3) is 6.08 Å². The number of amides is 2. The summed E-state index contributed by atoms with van der Waals surface area (Å²) >= 11 is 0. The van der Waals surface area contributed by atoms with E-state index in [0.717, 1.165) is 5.56 Å². The van der Waals surface area contributed by atoms with Gasteiger partial charge in [-0.3, -0.25) is 19.8 Å². The minimum Gasteiger partial charge on any atom is -0.481 e. The SMILES string of the molecule is N=C(N)c1cccc(/C=C\CCCC(=O)N[C@@H](CC(=O)O)C(=O)N[C@@H](Cc2ccccc2)C(=O)O)c1. The van der Waals surface area contributed by atoms with Gasteiger partial charge in [-0.15, -0.1) is 0 Å². The second kappa shape index (κ2) is 14.1. The van der Waals surface area contributed by atoms with Crippen LogP contribution in [0.4, 0.5) is 0 Å². The maximum atomic E-state index is 12.6. The van der Waals surface area contributed by atoms with Crippen molar-refractivity contribution in [3.63, 3.8) is 0 Å². The first kappa shape index (κ1) is 27.8. The largest absolute Gasteiger partial charge is 0.481 e. The predicted molar refractivity (Wildman–Crippen MR) is 134 cm³/mol. The van der Waals surface area contributed by atoms with Crippen molar-refractivity contribution in [3.8, 4) is 0 Å². The number of rotatable bonds is 14. The molecule has 2 atom stereocenters. The Morgan fingerprint density at radius 1 is 0.972 bits per heavy atom. The minimum absolute atomic E-state index is 0.0112. The summed E-state index contributed by atoms with van der Waals surface area (Å²) in [7, 11) is 0. The van der Waals surface area contributed by atoms with Gasteiger partial charge in [-0.25, -0.2) is 4.79 Å². The van der Waals surface area contributed by atoms with Gasteiger partial charge in [0.15, 0.2) is 0 Å². The van der Waals surface area contributed by atoms with Crippen LogP contribution in [0.2, 0.25) is 0 Å². The van der Waals surface area contributed by atoms with Crippen LogP contribution in [0.3, 0.4) is 0 Å². The van der Waals surface area contributed by atoms with Gasteiger partial charge < -0.3 is 26.6 Å². The molecule has 10 heteroatoms. The molecule has 2 aromatic rings. The Morgan fingerprint density at radius 3 is 2.33 bits per heavy atom. The Labute approximate surface area is 208 Å². The summed E-state index contributed by atoms with van der Waals surface area (Å²) < 4.78 is 0. The predicted octanol–water partition coefficient (Wildman–Crippen LogP) is 1.93. The summed E-state index contributed by atoms with van der Waals surface area (Å²) in [4.78, 5) is 47.8. The third-order valence-electron chi connectivity index (χ3n) is 5.21. The highest BCUT2D eigenvalue weighted by Crippen LogP contribution is 2.09. The van der Waals surface area contributed by atoms with Crippen LogP contribution < -0.4 is 16.4 Å². The molecule has 0 aromatic heterocycles. The van der Waals surface area contributed by atoms with Gasteiger partial charge in [-0.1, -0.05) is 60.7 Å². The van der Waals surface area contributed by atoms with E-state index in [-0.39, 0.29) is 18.7 Å². The number of nitrogen functional groups attached to an aromatic ring is 1. The van der Waals surface area contributed by atoms with E-state index in [1.165, 1.54) is 0 Å². The standard InChI is InChI=1S/C26H30N4O6/c27-24(28)19-12-7-11-17(14-19)8-5-2-6-13-22(31)29-20(16-23(32)33)25(34)30-21(26(35)36)15-18-9-3-1-4-10-18/h1,3-5,7-12,14,20-21H,2,6,13,15-16H2,(H3,27,28)(H,29,31)(H,30,34)(H,32,33)(H,35,36)/b8-5-/t20-,21-/m0/s1. The molecule has 7 N–H and O–H groups in total. The number of aliphatic carboxylic acids is 2. The van der Waals surface area contributed by atoms with Gasteiger partial charge in [-0.05, 0) is 30.0 Å². The van der Waals surface area contributed by atoms with Gasteiger partial charge >= 0.3 is 11.9 Å². The number of nitrogens with two attached hydrogens (primary N) is 1. The smallest absolute Gasteiger partial charge is 0.326 e. The Kier molecular flexibility index (Phi) is 10.8. The Bertz CT molecular complexity index is 1120. The number of unbranched alkanes of at least 4 members (excludes halogenated alkanes) is 1. The molecule has 0 aliphatic rings.